The molecule has 0 bridgehead atoms. The minimum atomic E-state index is -1.69. The van der Waals surface area contributed by atoms with Gasteiger partial charge < -0.3 is 11.1 Å². The lowest BCUT2D eigenvalue weighted by molar-refractivity contribution is -0.121. The van der Waals surface area contributed by atoms with Crippen LogP contribution < -0.4 is 11.1 Å². The molecule has 20 heavy (non-hydrogen) atoms. The number of anilines is 1. The molecule has 0 aliphatic heterocycles. The molecule has 1 aromatic rings. The van der Waals surface area contributed by atoms with Crippen LogP contribution in [0, 0.1) is 5.82 Å². The van der Waals surface area contributed by atoms with Crippen LogP contribution in [0.3, 0.4) is 0 Å². The normalized spacial score (nSPS) is 14.7. The minimum absolute atomic E-state index is 0.155. The topological polar surface area (TPSA) is 72.2 Å². The maximum absolute atomic E-state index is 13.2. The number of benzene rings is 1. The summed E-state index contributed by atoms with van der Waals surface area (Å²) in [6.45, 7) is 7.27. The van der Waals surface area contributed by atoms with Gasteiger partial charge in [-0.15, -0.1) is 0 Å². The van der Waals surface area contributed by atoms with Crippen LogP contribution in [-0.4, -0.2) is 20.9 Å². The van der Waals surface area contributed by atoms with Crippen molar-refractivity contribution in [1.82, 2.24) is 5.32 Å². The fraction of sp³-hybridized carbons (Fsp3) is 0.500. The van der Waals surface area contributed by atoms with E-state index in [2.05, 4.69) is 5.32 Å². The highest BCUT2D eigenvalue weighted by Gasteiger charge is 2.27. The number of carbonyl (C=O) groups is 1. The molecule has 0 aromatic heterocycles. The molecule has 4 nitrogen and oxygen atoms in total. The van der Waals surface area contributed by atoms with E-state index in [-0.39, 0.29) is 22.0 Å². The fourth-order valence-electron chi connectivity index (χ4n) is 1.49. The Morgan fingerprint density at radius 2 is 2.10 bits per heavy atom. The van der Waals surface area contributed by atoms with Gasteiger partial charge in [-0.25, -0.2) is 4.39 Å². The van der Waals surface area contributed by atoms with Crippen LogP contribution >= 0.6 is 0 Å². The summed E-state index contributed by atoms with van der Waals surface area (Å²) in [6.07, 6.45) is 0.750. The van der Waals surface area contributed by atoms with Gasteiger partial charge in [0.1, 0.15) is 11.1 Å². The Balaban J connectivity index is 2.91. The van der Waals surface area contributed by atoms with Crippen molar-refractivity contribution in [2.24, 2.45) is 0 Å². The molecule has 1 aromatic carbocycles. The first-order valence-electron chi connectivity index (χ1n) is 6.45. The van der Waals surface area contributed by atoms with Crippen LogP contribution in [0.1, 0.15) is 34.1 Å². The second kappa shape index (κ2) is 6.35. The Morgan fingerprint density at radius 1 is 1.50 bits per heavy atom. The number of hydrogen-bond acceptors (Lipinski definition) is 3. The molecule has 0 heterocycles. The first-order chi connectivity index (χ1) is 9.18. The third-order valence-corrected chi connectivity index (χ3v) is 4.87. The lowest BCUT2D eigenvalue weighted by Gasteiger charge is -2.26. The second-order valence-electron chi connectivity index (χ2n) is 5.35. The van der Waals surface area contributed by atoms with Gasteiger partial charge in [0.25, 0.3) is 0 Å². The maximum atomic E-state index is 13.2. The molecule has 0 aliphatic carbocycles. The Labute approximate surface area is 121 Å². The molecule has 0 saturated heterocycles. The van der Waals surface area contributed by atoms with Gasteiger partial charge in [0, 0.05) is 11.2 Å². The molecule has 0 aliphatic rings. The first-order valence-corrected chi connectivity index (χ1v) is 7.67. The Hall–Kier alpha value is -1.43. The highest BCUT2D eigenvalue weighted by Crippen LogP contribution is 2.21. The van der Waals surface area contributed by atoms with Gasteiger partial charge in [0.05, 0.1) is 15.7 Å². The van der Waals surface area contributed by atoms with E-state index in [9.17, 15) is 13.4 Å². The van der Waals surface area contributed by atoms with Gasteiger partial charge in [0.2, 0.25) is 5.91 Å². The third kappa shape index (κ3) is 4.03. The molecule has 0 saturated carbocycles. The van der Waals surface area contributed by atoms with Crippen LogP contribution in [0.4, 0.5) is 10.1 Å². The van der Waals surface area contributed by atoms with E-state index in [1.54, 1.807) is 6.92 Å². The summed E-state index contributed by atoms with van der Waals surface area (Å²) in [5, 5.41) is 2.02. The molecule has 2 atom stereocenters. The molecule has 0 radical (unpaired) electrons. The molecule has 0 fully saturated rings. The van der Waals surface area contributed by atoms with Crippen LogP contribution in [0.2, 0.25) is 0 Å². The lowest BCUT2D eigenvalue weighted by atomic mass is 10.0. The van der Waals surface area contributed by atoms with Gasteiger partial charge in [-0.1, -0.05) is 6.92 Å². The van der Waals surface area contributed by atoms with Crippen molar-refractivity contribution >= 4 is 22.4 Å². The molecular weight excluding hydrogens is 279 g/mol. The zero-order valence-electron chi connectivity index (χ0n) is 12.2. The fourth-order valence-corrected chi connectivity index (χ4v) is 2.66. The van der Waals surface area contributed by atoms with Gasteiger partial charge in [0.15, 0.2) is 0 Å². The molecule has 3 N–H and O–H groups in total. The number of nitrogen functional groups attached to an aromatic ring is 1. The summed E-state index contributed by atoms with van der Waals surface area (Å²) in [4.78, 5) is 12.2. The van der Waals surface area contributed by atoms with Gasteiger partial charge >= 0.3 is 0 Å². The number of rotatable bonds is 5. The average Bonchev–Trinajstić information content (AvgIpc) is 2.39. The van der Waals surface area contributed by atoms with Crippen molar-refractivity contribution in [3.8, 4) is 0 Å². The van der Waals surface area contributed by atoms with Crippen molar-refractivity contribution in [2.45, 2.75) is 49.8 Å². The summed E-state index contributed by atoms with van der Waals surface area (Å²) >= 11 is 0. The first kappa shape index (κ1) is 16.6. The molecular formula is C14H21FN2O2S. The highest BCUT2D eigenvalue weighted by atomic mass is 32.2. The van der Waals surface area contributed by atoms with Gasteiger partial charge in [-0.2, -0.15) is 0 Å². The monoisotopic (exact) mass is 300 g/mol. The van der Waals surface area contributed by atoms with E-state index in [0.717, 1.165) is 12.5 Å². The van der Waals surface area contributed by atoms with E-state index in [0.29, 0.717) is 0 Å². The van der Waals surface area contributed by atoms with E-state index in [1.165, 1.54) is 12.1 Å². The lowest BCUT2D eigenvalue weighted by Crippen LogP contribution is -2.47. The SMILES string of the molecule is CCC(C)(C)NC(=O)C(C)S(=O)c1cc(F)ccc1N. The number of hydrogen-bond donors (Lipinski definition) is 2. The van der Waals surface area contributed by atoms with Crippen LogP contribution in [0.25, 0.3) is 0 Å². The van der Waals surface area contributed by atoms with Crippen LogP contribution in [0.5, 0.6) is 0 Å². The van der Waals surface area contributed by atoms with Crippen LogP contribution in [-0.2, 0) is 15.6 Å². The predicted octanol–water partition coefficient (Wildman–Crippen LogP) is 2.21. The number of halogens is 1. The number of nitrogens with one attached hydrogen (secondary N) is 1. The third-order valence-electron chi connectivity index (χ3n) is 3.23. The molecule has 0 spiro atoms. The zero-order chi connectivity index (χ0) is 15.5. The number of nitrogens with two attached hydrogens (primary N) is 1. The van der Waals surface area contributed by atoms with E-state index >= 15 is 0 Å². The van der Waals surface area contributed by atoms with Gasteiger partial charge in [-0.3, -0.25) is 9.00 Å². The number of carbonyl (C=O) groups excluding carboxylic acids is 1. The molecule has 1 amide bonds. The van der Waals surface area contributed by atoms with Gasteiger partial charge in [-0.05, 0) is 45.4 Å². The van der Waals surface area contributed by atoms with Crippen molar-refractivity contribution in [2.75, 3.05) is 5.73 Å². The minimum Gasteiger partial charge on any atom is -0.398 e. The van der Waals surface area contributed by atoms with Crippen molar-refractivity contribution in [1.29, 1.82) is 0 Å². The highest BCUT2D eigenvalue weighted by molar-refractivity contribution is 7.86. The van der Waals surface area contributed by atoms with Crippen molar-refractivity contribution in [3.05, 3.63) is 24.0 Å². The van der Waals surface area contributed by atoms with Crippen molar-refractivity contribution < 1.29 is 13.4 Å². The molecule has 6 heteroatoms. The quantitative estimate of drug-likeness (QED) is 0.819. The Morgan fingerprint density at radius 3 is 2.65 bits per heavy atom. The van der Waals surface area contributed by atoms with Crippen LogP contribution in [0.15, 0.2) is 23.1 Å². The zero-order valence-corrected chi connectivity index (χ0v) is 13.0. The molecule has 112 valence electrons. The van der Waals surface area contributed by atoms with E-state index in [1.807, 2.05) is 20.8 Å². The Kier molecular flexibility index (Phi) is 5.28. The smallest absolute Gasteiger partial charge is 0.236 e. The molecule has 1 rings (SSSR count). The second-order valence-corrected chi connectivity index (χ2v) is 7.09. The average molecular weight is 300 g/mol. The maximum Gasteiger partial charge on any atom is 0.236 e. The van der Waals surface area contributed by atoms with E-state index in [4.69, 9.17) is 5.73 Å². The molecule has 2 unspecified atom stereocenters. The Bertz CT molecular complexity index is 532. The van der Waals surface area contributed by atoms with E-state index < -0.39 is 21.9 Å². The predicted molar refractivity (Wildman–Crippen MR) is 79.2 cm³/mol. The summed E-state index contributed by atoms with van der Waals surface area (Å²) in [7, 11) is -1.69. The summed E-state index contributed by atoms with van der Waals surface area (Å²) in [5.41, 5.74) is 5.54. The summed E-state index contributed by atoms with van der Waals surface area (Å²) < 4.78 is 25.5. The summed E-state index contributed by atoms with van der Waals surface area (Å²) in [5.74, 6) is -0.858. The van der Waals surface area contributed by atoms with Crippen molar-refractivity contribution in [3.63, 3.8) is 0 Å². The largest absolute Gasteiger partial charge is 0.398 e. The number of amides is 1. The summed E-state index contributed by atoms with van der Waals surface area (Å²) in [6, 6.07) is 3.66. The standard InChI is InChI=1S/C14H21FN2O2S/c1-5-14(3,4)17-13(18)9(2)20(19)12-8-10(15)6-7-11(12)16/h6-9H,5,16H2,1-4H3,(H,17,18).